The van der Waals surface area contributed by atoms with Gasteiger partial charge in [-0.3, -0.25) is 0 Å². The number of aliphatic hydroxyl groups excluding tert-OH is 1. The summed E-state index contributed by atoms with van der Waals surface area (Å²) in [5.74, 6) is 0.211. The van der Waals surface area contributed by atoms with Crippen molar-refractivity contribution in [3.8, 4) is 11.8 Å². The lowest BCUT2D eigenvalue weighted by atomic mass is 9.94. The van der Waals surface area contributed by atoms with Crippen LogP contribution in [0.3, 0.4) is 0 Å². The molecule has 0 heterocycles. The molecule has 5 heteroatoms. The summed E-state index contributed by atoms with van der Waals surface area (Å²) in [6.07, 6.45) is 0.316. The topological polar surface area (TPSA) is 76.3 Å². The number of hydrogen-bond donors (Lipinski definition) is 3. The van der Waals surface area contributed by atoms with Crippen molar-refractivity contribution in [1.82, 2.24) is 5.32 Å². The second kappa shape index (κ2) is 11.5. The Kier molecular flexibility index (Phi) is 10.5. The Balaban J connectivity index is 0.00000134. The van der Waals surface area contributed by atoms with Crippen molar-refractivity contribution in [3.05, 3.63) is 65.7 Å². The molecule has 1 unspecified atom stereocenters. The molecule has 2 rings (SSSR count). The number of benzene rings is 2. The van der Waals surface area contributed by atoms with Crippen LogP contribution in [0.1, 0.15) is 38.0 Å². The molecule has 25 heavy (non-hydrogen) atoms. The van der Waals surface area contributed by atoms with Gasteiger partial charge in [-0.1, -0.05) is 42.5 Å². The lowest BCUT2D eigenvalue weighted by Crippen LogP contribution is -2.43. The molecule has 1 atom stereocenters. The van der Waals surface area contributed by atoms with E-state index in [1.54, 1.807) is 30.3 Å². The number of aliphatic hydroxyl groups is 1. The van der Waals surface area contributed by atoms with Gasteiger partial charge in [-0.2, -0.15) is 5.26 Å². The van der Waals surface area contributed by atoms with Crippen LogP contribution in [0.5, 0.6) is 5.75 Å². The summed E-state index contributed by atoms with van der Waals surface area (Å²) in [7, 11) is 0. The average Bonchev–Trinajstić information content (AvgIpc) is 2.55. The summed E-state index contributed by atoms with van der Waals surface area (Å²) in [6.45, 7) is 6.16. The van der Waals surface area contributed by atoms with Crippen LogP contribution in [0.25, 0.3) is 0 Å². The number of hydrogen-bond acceptors (Lipinski definition) is 4. The number of β-amino-alcohol motifs (C(OH)–C–C–N with tert-alkyl or cyclic N) is 1. The molecular formula is C20H27ClN2O2. The first kappa shape index (κ1) is 22.9. The number of rotatable bonds is 6. The Bertz CT molecular complexity index is 637. The van der Waals surface area contributed by atoms with Crippen LogP contribution in [-0.2, 0) is 6.42 Å². The number of halogens is 1. The van der Waals surface area contributed by atoms with Gasteiger partial charge in [0, 0.05) is 19.0 Å². The molecule has 0 saturated carbocycles. The van der Waals surface area contributed by atoms with Crippen LogP contribution in [0.4, 0.5) is 0 Å². The van der Waals surface area contributed by atoms with Gasteiger partial charge in [0.15, 0.2) is 0 Å². The minimum absolute atomic E-state index is 0. The lowest BCUT2D eigenvalue weighted by Gasteiger charge is -2.28. The van der Waals surface area contributed by atoms with Gasteiger partial charge in [-0.25, -0.2) is 0 Å². The first-order valence-corrected chi connectivity index (χ1v) is 7.95. The van der Waals surface area contributed by atoms with E-state index >= 15 is 0 Å². The molecule has 2 aromatic carbocycles. The highest BCUT2D eigenvalue weighted by atomic mass is 35.5. The fraction of sp³-hybridized carbons (Fsp3) is 0.350. The molecule has 136 valence electrons. The summed E-state index contributed by atoms with van der Waals surface area (Å²) in [6, 6.07) is 18.7. The summed E-state index contributed by atoms with van der Waals surface area (Å²) < 4.78 is 0. The van der Waals surface area contributed by atoms with Crippen molar-refractivity contribution < 1.29 is 10.2 Å². The predicted molar refractivity (Wildman–Crippen MR) is 104 cm³/mol. The van der Waals surface area contributed by atoms with Crippen molar-refractivity contribution in [2.75, 3.05) is 6.54 Å². The normalized spacial score (nSPS) is 11.3. The highest BCUT2D eigenvalue weighted by molar-refractivity contribution is 5.85. The molecule has 2 aromatic rings. The second-order valence-corrected chi connectivity index (χ2v) is 6.26. The zero-order valence-electron chi connectivity index (χ0n) is 14.9. The SMILES string of the molecule is CC#N.CC(C)(Cc1ccccc1)NCC(O)c1ccc(O)cc1.Cl. The molecule has 0 aliphatic rings. The largest absolute Gasteiger partial charge is 0.508 e. The van der Waals surface area contributed by atoms with Crippen LogP contribution in [0.15, 0.2) is 54.6 Å². The molecule has 3 N–H and O–H groups in total. The molecule has 0 bridgehead atoms. The van der Waals surface area contributed by atoms with Crippen LogP contribution >= 0.6 is 12.4 Å². The minimum atomic E-state index is -0.583. The maximum absolute atomic E-state index is 10.2. The van der Waals surface area contributed by atoms with Crippen molar-refractivity contribution in [3.63, 3.8) is 0 Å². The van der Waals surface area contributed by atoms with Gasteiger partial charge in [0.25, 0.3) is 0 Å². The quantitative estimate of drug-likeness (QED) is 0.726. The van der Waals surface area contributed by atoms with Gasteiger partial charge in [0.05, 0.1) is 12.2 Å². The minimum Gasteiger partial charge on any atom is -0.508 e. The Morgan fingerprint density at radius 2 is 1.60 bits per heavy atom. The number of nitrogens with zero attached hydrogens (tertiary/aromatic N) is 1. The third kappa shape index (κ3) is 9.11. The van der Waals surface area contributed by atoms with Gasteiger partial charge < -0.3 is 15.5 Å². The van der Waals surface area contributed by atoms with E-state index in [1.807, 2.05) is 18.2 Å². The molecule has 0 saturated heterocycles. The fourth-order valence-electron chi connectivity index (χ4n) is 2.36. The monoisotopic (exact) mass is 362 g/mol. The zero-order valence-corrected chi connectivity index (χ0v) is 15.8. The molecule has 0 spiro atoms. The van der Waals surface area contributed by atoms with E-state index in [9.17, 15) is 10.2 Å². The van der Waals surface area contributed by atoms with Crippen LogP contribution in [-0.4, -0.2) is 22.3 Å². The van der Waals surface area contributed by atoms with Crippen LogP contribution < -0.4 is 5.32 Å². The standard InChI is InChI=1S/C18H23NO2.C2H3N.ClH/c1-18(2,12-14-6-4-3-5-7-14)19-13-17(21)15-8-10-16(20)11-9-15;1-2-3;/h3-11,17,19-21H,12-13H2,1-2H3;1H3;1H. The highest BCUT2D eigenvalue weighted by Gasteiger charge is 2.19. The van der Waals surface area contributed by atoms with E-state index in [0.717, 1.165) is 12.0 Å². The fourth-order valence-corrected chi connectivity index (χ4v) is 2.36. The molecule has 0 radical (unpaired) electrons. The van der Waals surface area contributed by atoms with Gasteiger partial charge >= 0.3 is 0 Å². The number of aromatic hydroxyl groups is 1. The van der Waals surface area contributed by atoms with Crippen molar-refractivity contribution in [2.45, 2.75) is 38.8 Å². The lowest BCUT2D eigenvalue weighted by molar-refractivity contribution is 0.160. The maximum Gasteiger partial charge on any atom is 0.115 e. The van der Waals surface area contributed by atoms with Gasteiger partial charge in [0.2, 0.25) is 0 Å². The van der Waals surface area contributed by atoms with Gasteiger partial charge in [-0.05, 0) is 43.5 Å². The first-order chi connectivity index (χ1) is 11.4. The first-order valence-electron chi connectivity index (χ1n) is 7.95. The number of nitriles is 1. The van der Waals surface area contributed by atoms with E-state index in [1.165, 1.54) is 12.5 Å². The Labute approximate surface area is 156 Å². The van der Waals surface area contributed by atoms with Crippen molar-refractivity contribution in [2.24, 2.45) is 0 Å². The van der Waals surface area contributed by atoms with E-state index in [2.05, 4.69) is 31.3 Å². The molecule has 0 aliphatic heterocycles. The zero-order chi connectivity index (χ0) is 18.0. The van der Waals surface area contributed by atoms with E-state index in [4.69, 9.17) is 5.26 Å². The number of phenols is 1. The van der Waals surface area contributed by atoms with Gasteiger partial charge in [0.1, 0.15) is 5.75 Å². The Morgan fingerprint density at radius 1 is 1.08 bits per heavy atom. The third-order valence-electron chi connectivity index (χ3n) is 3.54. The van der Waals surface area contributed by atoms with Crippen LogP contribution in [0.2, 0.25) is 0 Å². The summed E-state index contributed by atoms with van der Waals surface area (Å²) >= 11 is 0. The summed E-state index contributed by atoms with van der Waals surface area (Å²) in [5.41, 5.74) is 1.98. The van der Waals surface area contributed by atoms with E-state index in [0.29, 0.717) is 6.54 Å². The van der Waals surface area contributed by atoms with Crippen LogP contribution in [0, 0.1) is 11.3 Å². The summed E-state index contributed by atoms with van der Waals surface area (Å²) in [5, 5.41) is 30.2. The number of nitrogens with one attached hydrogen (secondary N) is 1. The van der Waals surface area contributed by atoms with Crippen molar-refractivity contribution in [1.29, 1.82) is 5.26 Å². The second-order valence-electron chi connectivity index (χ2n) is 6.26. The van der Waals surface area contributed by atoms with Gasteiger partial charge in [-0.15, -0.1) is 12.4 Å². The molecule has 0 aliphatic carbocycles. The van der Waals surface area contributed by atoms with E-state index < -0.39 is 6.10 Å². The summed E-state index contributed by atoms with van der Waals surface area (Å²) in [4.78, 5) is 0. The molecule has 0 fully saturated rings. The molecule has 0 aromatic heterocycles. The average molecular weight is 363 g/mol. The van der Waals surface area contributed by atoms with Crippen molar-refractivity contribution >= 4 is 12.4 Å². The Morgan fingerprint density at radius 3 is 2.12 bits per heavy atom. The maximum atomic E-state index is 10.2. The Hall–Kier alpha value is -2.06. The predicted octanol–water partition coefficient (Wildman–Crippen LogP) is 3.99. The number of phenolic OH excluding ortho intramolecular Hbond substituents is 1. The molecule has 0 amide bonds. The smallest absolute Gasteiger partial charge is 0.115 e. The third-order valence-corrected chi connectivity index (χ3v) is 3.54. The molecular weight excluding hydrogens is 336 g/mol. The van der Waals surface area contributed by atoms with E-state index in [-0.39, 0.29) is 23.7 Å². The highest BCUT2D eigenvalue weighted by Crippen LogP contribution is 2.18. The molecule has 4 nitrogen and oxygen atoms in total.